The summed E-state index contributed by atoms with van der Waals surface area (Å²) in [5.74, 6) is 0.688. The molecule has 1 aromatic carbocycles. The van der Waals surface area contributed by atoms with Crippen molar-refractivity contribution in [1.29, 1.82) is 0 Å². The highest BCUT2D eigenvalue weighted by molar-refractivity contribution is 8.00. The van der Waals surface area contributed by atoms with E-state index in [1.54, 1.807) is 12.1 Å². The highest BCUT2D eigenvalue weighted by atomic mass is 32.2. The van der Waals surface area contributed by atoms with Gasteiger partial charge in [-0.1, -0.05) is 6.42 Å². The molecule has 3 N–H and O–H groups in total. The van der Waals surface area contributed by atoms with Crippen molar-refractivity contribution < 1.29 is 9.72 Å². The molecule has 0 saturated heterocycles. The lowest BCUT2D eigenvalue weighted by Gasteiger charge is -2.19. The number of non-ortho nitro benzene ring substituents is 1. The molecule has 1 aliphatic rings. The van der Waals surface area contributed by atoms with E-state index < -0.39 is 4.92 Å². The Balaban J connectivity index is 1.79. The first-order valence-corrected chi connectivity index (χ1v) is 7.95. The van der Waals surface area contributed by atoms with Crippen molar-refractivity contribution in [2.45, 2.75) is 30.2 Å². The summed E-state index contributed by atoms with van der Waals surface area (Å²) in [4.78, 5) is 22.9. The number of amides is 1. The number of nitrogens with one attached hydrogen (secondary N) is 1. The van der Waals surface area contributed by atoms with Gasteiger partial charge in [-0.15, -0.1) is 11.8 Å². The zero-order valence-electron chi connectivity index (χ0n) is 11.7. The quantitative estimate of drug-likeness (QED) is 0.475. The standard InChI is InChI=1S/C14H19N3O3S/c15-8-10-2-1-3-13(10)16-14(18)9-21-12-6-4-11(5-7-12)17(19)20/h4-7,10,13H,1-3,8-9,15H2,(H,16,18). The van der Waals surface area contributed by atoms with Gasteiger partial charge >= 0.3 is 0 Å². The van der Waals surface area contributed by atoms with E-state index >= 15 is 0 Å². The number of thioether (sulfide) groups is 1. The van der Waals surface area contributed by atoms with Gasteiger partial charge < -0.3 is 11.1 Å². The van der Waals surface area contributed by atoms with Crippen LogP contribution in [0.3, 0.4) is 0 Å². The smallest absolute Gasteiger partial charge is 0.269 e. The molecule has 0 aliphatic heterocycles. The van der Waals surface area contributed by atoms with Gasteiger partial charge in [0.05, 0.1) is 10.7 Å². The summed E-state index contributed by atoms with van der Waals surface area (Å²) in [5.41, 5.74) is 5.75. The minimum atomic E-state index is -0.436. The SMILES string of the molecule is NCC1CCCC1NC(=O)CSc1ccc([N+](=O)[O-])cc1. The van der Waals surface area contributed by atoms with Gasteiger partial charge in [0.1, 0.15) is 0 Å². The van der Waals surface area contributed by atoms with Crippen LogP contribution in [-0.4, -0.2) is 29.2 Å². The Morgan fingerprint density at radius 3 is 2.71 bits per heavy atom. The first-order chi connectivity index (χ1) is 10.1. The van der Waals surface area contributed by atoms with Gasteiger partial charge in [0.15, 0.2) is 0 Å². The van der Waals surface area contributed by atoms with Crippen LogP contribution in [0.5, 0.6) is 0 Å². The Labute approximate surface area is 127 Å². The van der Waals surface area contributed by atoms with Gasteiger partial charge in [-0.25, -0.2) is 0 Å². The minimum absolute atomic E-state index is 0.0105. The lowest BCUT2D eigenvalue weighted by Crippen LogP contribution is -2.40. The number of nitro groups is 1. The Morgan fingerprint density at radius 1 is 1.38 bits per heavy atom. The Kier molecular flexibility index (Phi) is 5.58. The highest BCUT2D eigenvalue weighted by Crippen LogP contribution is 2.25. The van der Waals surface area contributed by atoms with Crippen LogP contribution in [0.1, 0.15) is 19.3 Å². The molecule has 114 valence electrons. The second-order valence-corrected chi connectivity index (χ2v) is 6.19. The van der Waals surface area contributed by atoms with Gasteiger partial charge in [-0.2, -0.15) is 0 Å². The molecule has 2 unspecified atom stereocenters. The first kappa shape index (κ1) is 15.8. The van der Waals surface area contributed by atoms with Crippen LogP contribution in [0.4, 0.5) is 5.69 Å². The average Bonchev–Trinajstić information content (AvgIpc) is 2.92. The van der Waals surface area contributed by atoms with E-state index in [9.17, 15) is 14.9 Å². The van der Waals surface area contributed by atoms with Crippen LogP contribution < -0.4 is 11.1 Å². The van der Waals surface area contributed by atoms with E-state index in [0.29, 0.717) is 18.2 Å². The monoisotopic (exact) mass is 309 g/mol. The number of nitrogens with zero attached hydrogens (tertiary/aromatic N) is 1. The predicted molar refractivity (Wildman–Crippen MR) is 82.1 cm³/mol. The molecule has 0 radical (unpaired) electrons. The van der Waals surface area contributed by atoms with Gasteiger partial charge in [-0.3, -0.25) is 14.9 Å². The topological polar surface area (TPSA) is 98.3 Å². The molecule has 1 aromatic rings. The van der Waals surface area contributed by atoms with Crippen LogP contribution >= 0.6 is 11.8 Å². The molecule has 6 nitrogen and oxygen atoms in total. The Bertz CT molecular complexity index is 507. The summed E-state index contributed by atoms with van der Waals surface area (Å²) < 4.78 is 0. The molecular formula is C14H19N3O3S. The fraction of sp³-hybridized carbons (Fsp3) is 0.500. The third-order valence-corrected chi connectivity index (χ3v) is 4.74. The third-order valence-electron chi connectivity index (χ3n) is 3.73. The molecule has 7 heteroatoms. The van der Waals surface area contributed by atoms with Crippen molar-refractivity contribution in [3.05, 3.63) is 34.4 Å². The molecule has 0 spiro atoms. The minimum Gasteiger partial charge on any atom is -0.352 e. The fourth-order valence-corrected chi connectivity index (χ4v) is 3.28. The molecule has 0 heterocycles. The van der Waals surface area contributed by atoms with E-state index in [4.69, 9.17) is 5.73 Å². The Hall–Kier alpha value is -1.60. The maximum atomic E-state index is 11.9. The largest absolute Gasteiger partial charge is 0.352 e. The lowest BCUT2D eigenvalue weighted by molar-refractivity contribution is -0.384. The number of nitro benzene ring substituents is 1. The maximum Gasteiger partial charge on any atom is 0.269 e. The summed E-state index contributed by atoms with van der Waals surface area (Å²) in [6.07, 6.45) is 3.19. The van der Waals surface area contributed by atoms with Crippen molar-refractivity contribution >= 4 is 23.4 Å². The molecule has 1 amide bonds. The number of hydrogen-bond acceptors (Lipinski definition) is 5. The predicted octanol–water partition coefficient (Wildman–Crippen LogP) is 1.93. The van der Waals surface area contributed by atoms with E-state index in [0.717, 1.165) is 24.2 Å². The lowest BCUT2D eigenvalue weighted by atomic mass is 10.0. The average molecular weight is 309 g/mol. The molecule has 21 heavy (non-hydrogen) atoms. The zero-order chi connectivity index (χ0) is 15.2. The van der Waals surface area contributed by atoms with Crippen LogP contribution in [0.25, 0.3) is 0 Å². The highest BCUT2D eigenvalue weighted by Gasteiger charge is 2.27. The summed E-state index contributed by atoms with van der Waals surface area (Å²) in [6, 6.07) is 6.41. The second-order valence-electron chi connectivity index (χ2n) is 5.14. The Morgan fingerprint density at radius 2 is 2.10 bits per heavy atom. The van der Waals surface area contributed by atoms with Gasteiger partial charge in [0, 0.05) is 23.1 Å². The van der Waals surface area contributed by atoms with Crippen LogP contribution in [-0.2, 0) is 4.79 Å². The van der Waals surface area contributed by atoms with E-state index in [2.05, 4.69) is 5.32 Å². The van der Waals surface area contributed by atoms with Crippen molar-refractivity contribution in [3.8, 4) is 0 Å². The second kappa shape index (κ2) is 7.42. The number of carbonyl (C=O) groups is 1. The zero-order valence-corrected chi connectivity index (χ0v) is 12.5. The van der Waals surface area contributed by atoms with Crippen molar-refractivity contribution in [3.63, 3.8) is 0 Å². The number of benzene rings is 1. The van der Waals surface area contributed by atoms with Gasteiger partial charge in [0.25, 0.3) is 5.69 Å². The summed E-state index contributed by atoms with van der Waals surface area (Å²) in [7, 11) is 0. The first-order valence-electron chi connectivity index (χ1n) is 6.97. The number of nitrogens with two attached hydrogens (primary N) is 1. The number of carbonyl (C=O) groups excluding carboxylic acids is 1. The molecule has 1 aliphatic carbocycles. The molecule has 2 atom stereocenters. The number of rotatable bonds is 6. The molecule has 0 aromatic heterocycles. The number of hydrogen-bond donors (Lipinski definition) is 2. The van der Waals surface area contributed by atoms with Crippen LogP contribution in [0.15, 0.2) is 29.2 Å². The normalized spacial score (nSPS) is 21.2. The summed E-state index contributed by atoms with van der Waals surface area (Å²) in [5, 5.41) is 13.6. The van der Waals surface area contributed by atoms with Crippen molar-refractivity contribution in [2.75, 3.05) is 12.3 Å². The van der Waals surface area contributed by atoms with E-state index in [1.807, 2.05) is 0 Å². The molecular weight excluding hydrogens is 290 g/mol. The molecule has 1 fully saturated rings. The fourth-order valence-electron chi connectivity index (χ4n) is 2.57. The van der Waals surface area contributed by atoms with E-state index in [-0.39, 0.29) is 17.6 Å². The van der Waals surface area contributed by atoms with Gasteiger partial charge in [-0.05, 0) is 37.4 Å². The maximum absolute atomic E-state index is 11.9. The van der Waals surface area contributed by atoms with Crippen LogP contribution in [0, 0.1) is 16.0 Å². The van der Waals surface area contributed by atoms with Crippen LogP contribution in [0.2, 0.25) is 0 Å². The molecule has 2 rings (SSSR count). The van der Waals surface area contributed by atoms with E-state index in [1.165, 1.54) is 23.9 Å². The van der Waals surface area contributed by atoms with Gasteiger partial charge in [0.2, 0.25) is 5.91 Å². The molecule has 1 saturated carbocycles. The van der Waals surface area contributed by atoms with Crippen molar-refractivity contribution in [2.24, 2.45) is 11.7 Å². The molecule has 0 bridgehead atoms. The summed E-state index contributed by atoms with van der Waals surface area (Å²) >= 11 is 1.38. The third kappa shape index (κ3) is 4.44. The van der Waals surface area contributed by atoms with Crippen molar-refractivity contribution in [1.82, 2.24) is 5.32 Å². The summed E-state index contributed by atoms with van der Waals surface area (Å²) in [6.45, 7) is 0.612.